The van der Waals surface area contributed by atoms with E-state index in [1.165, 1.54) is 12.3 Å². The normalized spacial score (nSPS) is 12.6. The van der Waals surface area contributed by atoms with Gasteiger partial charge in [-0.3, -0.25) is 4.90 Å². The number of nitrogens with zero attached hydrogens (tertiary/aromatic N) is 2. The lowest BCUT2D eigenvalue weighted by Gasteiger charge is -2.30. The molecule has 0 aliphatic heterocycles. The van der Waals surface area contributed by atoms with Gasteiger partial charge in [0.05, 0.1) is 0 Å². The summed E-state index contributed by atoms with van der Waals surface area (Å²) in [6.07, 6.45) is 1.47. The average Bonchev–Trinajstić information content (AvgIpc) is 2.34. The predicted molar refractivity (Wildman–Crippen MR) is 80.8 cm³/mol. The van der Waals surface area contributed by atoms with E-state index in [-0.39, 0.29) is 10.7 Å². The standard InChI is InChI=1S/C13H24N4O2S/c1-10(2)17(11(3)4)9-8-16-20(18,19)12-6-5-7-15-13(12)14/h5-7,10-11,16H,8-9H2,1-4H3,(H2,14,15). The molecule has 0 atom stereocenters. The number of nitrogens with two attached hydrogens (primary N) is 1. The molecule has 0 fully saturated rings. The summed E-state index contributed by atoms with van der Waals surface area (Å²) in [5.41, 5.74) is 5.59. The Morgan fingerprint density at radius 1 is 1.30 bits per heavy atom. The molecule has 0 saturated heterocycles. The summed E-state index contributed by atoms with van der Waals surface area (Å²) in [5.74, 6) is 0.0181. The molecule has 0 unspecified atom stereocenters. The van der Waals surface area contributed by atoms with Crippen molar-refractivity contribution >= 4 is 15.8 Å². The van der Waals surface area contributed by atoms with Gasteiger partial charge >= 0.3 is 0 Å². The third-order valence-electron chi connectivity index (χ3n) is 3.08. The number of hydrogen-bond donors (Lipinski definition) is 2. The summed E-state index contributed by atoms with van der Waals surface area (Å²) in [6.45, 7) is 9.35. The number of hydrogen-bond acceptors (Lipinski definition) is 5. The lowest BCUT2D eigenvalue weighted by Crippen LogP contribution is -2.42. The smallest absolute Gasteiger partial charge is 0.244 e. The van der Waals surface area contributed by atoms with E-state index in [9.17, 15) is 8.42 Å². The molecule has 0 spiro atoms. The van der Waals surface area contributed by atoms with Crippen LogP contribution in [0.25, 0.3) is 0 Å². The van der Waals surface area contributed by atoms with Crippen molar-refractivity contribution < 1.29 is 8.42 Å². The maximum atomic E-state index is 12.1. The van der Waals surface area contributed by atoms with E-state index in [4.69, 9.17) is 5.73 Å². The highest BCUT2D eigenvalue weighted by Crippen LogP contribution is 2.14. The molecule has 0 amide bonds. The third-order valence-corrected chi connectivity index (χ3v) is 4.59. The molecule has 0 aliphatic carbocycles. The Morgan fingerprint density at radius 2 is 1.90 bits per heavy atom. The second-order valence-corrected chi connectivity index (χ2v) is 6.95. The number of aromatic nitrogens is 1. The molecule has 7 heteroatoms. The monoisotopic (exact) mass is 300 g/mol. The fraction of sp³-hybridized carbons (Fsp3) is 0.615. The first-order chi connectivity index (χ1) is 9.25. The molecule has 114 valence electrons. The van der Waals surface area contributed by atoms with Gasteiger partial charge in [0.2, 0.25) is 10.0 Å². The summed E-state index contributed by atoms with van der Waals surface area (Å²) < 4.78 is 26.8. The first kappa shape index (κ1) is 16.9. The van der Waals surface area contributed by atoms with Crippen molar-refractivity contribution in [2.75, 3.05) is 18.8 Å². The minimum Gasteiger partial charge on any atom is -0.383 e. The second-order valence-electron chi connectivity index (χ2n) is 5.21. The molecule has 0 aliphatic rings. The topological polar surface area (TPSA) is 88.3 Å². The second kappa shape index (κ2) is 7.01. The van der Waals surface area contributed by atoms with Gasteiger partial charge in [-0.05, 0) is 39.8 Å². The molecule has 3 N–H and O–H groups in total. The molecule has 1 heterocycles. The molecular formula is C13H24N4O2S. The van der Waals surface area contributed by atoms with Gasteiger partial charge in [0.25, 0.3) is 0 Å². The van der Waals surface area contributed by atoms with Gasteiger partial charge in [-0.15, -0.1) is 0 Å². The Bertz CT molecular complexity index is 521. The van der Waals surface area contributed by atoms with Crippen LogP contribution in [0.15, 0.2) is 23.2 Å². The highest BCUT2D eigenvalue weighted by molar-refractivity contribution is 7.89. The maximum absolute atomic E-state index is 12.1. The van der Waals surface area contributed by atoms with Crippen LogP contribution in [0.5, 0.6) is 0 Å². The maximum Gasteiger partial charge on any atom is 0.244 e. The van der Waals surface area contributed by atoms with Gasteiger partial charge in [0, 0.05) is 31.4 Å². The first-order valence-corrected chi connectivity index (χ1v) is 8.20. The van der Waals surface area contributed by atoms with Gasteiger partial charge in [-0.1, -0.05) is 0 Å². The molecule has 0 aromatic carbocycles. The zero-order valence-corrected chi connectivity index (χ0v) is 13.3. The molecule has 0 radical (unpaired) electrons. The van der Waals surface area contributed by atoms with E-state index in [0.717, 1.165) is 0 Å². The van der Waals surface area contributed by atoms with Crippen LogP contribution in [0.3, 0.4) is 0 Å². The quantitative estimate of drug-likeness (QED) is 0.786. The van der Waals surface area contributed by atoms with Crippen molar-refractivity contribution in [1.82, 2.24) is 14.6 Å². The van der Waals surface area contributed by atoms with E-state index in [1.54, 1.807) is 6.07 Å². The Labute approximate surface area is 121 Å². The van der Waals surface area contributed by atoms with E-state index in [2.05, 4.69) is 42.3 Å². The summed E-state index contributed by atoms with van der Waals surface area (Å²) in [6, 6.07) is 3.73. The zero-order valence-electron chi connectivity index (χ0n) is 12.5. The van der Waals surface area contributed by atoms with Crippen LogP contribution in [0, 0.1) is 0 Å². The van der Waals surface area contributed by atoms with Crippen molar-refractivity contribution in [3.63, 3.8) is 0 Å². The van der Waals surface area contributed by atoms with Gasteiger partial charge in [0.15, 0.2) is 0 Å². The van der Waals surface area contributed by atoms with Crippen LogP contribution in [0.4, 0.5) is 5.82 Å². The Balaban J connectivity index is 2.68. The fourth-order valence-corrected chi connectivity index (χ4v) is 3.23. The Kier molecular flexibility index (Phi) is 5.91. The zero-order chi connectivity index (χ0) is 15.3. The van der Waals surface area contributed by atoms with Crippen molar-refractivity contribution in [2.45, 2.75) is 44.7 Å². The van der Waals surface area contributed by atoms with Gasteiger partial charge in [0.1, 0.15) is 10.7 Å². The Morgan fingerprint density at radius 3 is 2.40 bits per heavy atom. The number of nitrogen functional groups attached to an aromatic ring is 1. The Hall–Kier alpha value is -1.18. The summed E-state index contributed by atoms with van der Waals surface area (Å²) >= 11 is 0. The van der Waals surface area contributed by atoms with Gasteiger partial charge < -0.3 is 5.73 Å². The van der Waals surface area contributed by atoms with Crippen LogP contribution >= 0.6 is 0 Å². The largest absolute Gasteiger partial charge is 0.383 e. The molecule has 0 saturated carbocycles. The molecular weight excluding hydrogens is 276 g/mol. The lowest BCUT2D eigenvalue weighted by molar-refractivity contribution is 0.179. The predicted octanol–water partition coefficient (Wildman–Crippen LogP) is 1.06. The first-order valence-electron chi connectivity index (χ1n) is 6.71. The number of pyridine rings is 1. The number of anilines is 1. The lowest BCUT2D eigenvalue weighted by atomic mass is 10.2. The summed E-state index contributed by atoms with van der Waals surface area (Å²) in [5, 5.41) is 0. The van der Waals surface area contributed by atoms with E-state index < -0.39 is 10.0 Å². The van der Waals surface area contributed by atoms with Gasteiger partial charge in [-0.2, -0.15) is 0 Å². The van der Waals surface area contributed by atoms with Crippen LogP contribution in [-0.2, 0) is 10.0 Å². The highest BCUT2D eigenvalue weighted by Gasteiger charge is 2.19. The number of nitrogens with one attached hydrogen (secondary N) is 1. The average molecular weight is 300 g/mol. The summed E-state index contributed by atoms with van der Waals surface area (Å²) in [7, 11) is -3.60. The molecule has 6 nitrogen and oxygen atoms in total. The van der Waals surface area contributed by atoms with Crippen molar-refractivity contribution in [2.24, 2.45) is 0 Å². The van der Waals surface area contributed by atoms with Crippen LogP contribution in [0.2, 0.25) is 0 Å². The van der Waals surface area contributed by atoms with Crippen molar-refractivity contribution in [3.05, 3.63) is 18.3 Å². The van der Waals surface area contributed by atoms with E-state index >= 15 is 0 Å². The number of sulfonamides is 1. The molecule has 1 aromatic heterocycles. The van der Waals surface area contributed by atoms with Crippen LogP contribution < -0.4 is 10.5 Å². The molecule has 1 rings (SSSR count). The highest BCUT2D eigenvalue weighted by atomic mass is 32.2. The van der Waals surface area contributed by atoms with Crippen molar-refractivity contribution in [1.29, 1.82) is 0 Å². The van der Waals surface area contributed by atoms with Crippen LogP contribution in [-0.4, -0.2) is 43.5 Å². The fourth-order valence-electron chi connectivity index (χ4n) is 2.13. The molecule has 20 heavy (non-hydrogen) atoms. The SMILES string of the molecule is CC(C)N(CCNS(=O)(=O)c1cccnc1N)C(C)C. The molecule has 0 bridgehead atoms. The number of rotatable bonds is 7. The minimum absolute atomic E-state index is 0.0181. The van der Waals surface area contributed by atoms with Crippen LogP contribution in [0.1, 0.15) is 27.7 Å². The van der Waals surface area contributed by atoms with Gasteiger partial charge in [-0.25, -0.2) is 18.1 Å². The third kappa shape index (κ3) is 4.43. The molecule has 1 aromatic rings. The van der Waals surface area contributed by atoms with E-state index in [0.29, 0.717) is 25.2 Å². The minimum atomic E-state index is -3.60. The van der Waals surface area contributed by atoms with E-state index in [1.807, 2.05) is 0 Å². The summed E-state index contributed by atoms with van der Waals surface area (Å²) in [4.78, 5) is 6.04. The van der Waals surface area contributed by atoms with Crippen molar-refractivity contribution in [3.8, 4) is 0 Å².